The maximum atomic E-state index is 10.4. The summed E-state index contributed by atoms with van der Waals surface area (Å²) in [5, 5.41) is 13.7. The van der Waals surface area contributed by atoms with E-state index in [2.05, 4.69) is 46.4 Å². The van der Waals surface area contributed by atoms with Gasteiger partial charge in [-0.3, -0.25) is 0 Å². The Bertz CT molecular complexity index is 372. The Morgan fingerprint density at radius 2 is 2.31 bits per heavy atom. The van der Waals surface area contributed by atoms with Crippen molar-refractivity contribution in [1.82, 2.24) is 5.32 Å². The number of piperidine rings is 1. The lowest BCUT2D eigenvalue weighted by Gasteiger charge is -2.33. The predicted molar refractivity (Wildman–Crippen MR) is 69.6 cm³/mol. The molecule has 1 aliphatic heterocycles. The molecule has 2 nitrogen and oxygen atoms in total. The van der Waals surface area contributed by atoms with Gasteiger partial charge in [0, 0.05) is 17.4 Å². The van der Waals surface area contributed by atoms with Crippen LogP contribution >= 0.6 is 15.9 Å². The minimum Gasteiger partial charge on any atom is -0.388 e. The van der Waals surface area contributed by atoms with Gasteiger partial charge in [0.2, 0.25) is 0 Å². The number of aliphatic hydroxyl groups is 1. The highest BCUT2D eigenvalue weighted by atomic mass is 79.9. The molecule has 0 radical (unpaired) electrons. The third-order valence-electron chi connectivity index (χ3n) is 3.18. The number of benzene rings is 1. The van der Waals surface area contributed by atoms with Gasteiger partial charge >= 0.3 is 0 Å². The van der Waals surface area contributed by atoms with Crippen LogP contribution < -0.4 is 5.32 Å². The monoisotopic (exact) mass is 283 g/mol. The van der Waals surface area contributed by atoms with E-state index in [1.165, 1.54) is 11.1 Å². The molecule has 0 bridgehead atoms. The number of aryl methyl sites for hydroxylation is 1. The zero-order chi connectivity index (χ0) is 11.6. The summed E-state index contributed by atoms with van der Waals surface area (Å²) in [7, 11) is 0. The Labute approximate surface area is 105 Å². The fourth-order valence-electron chi connectivity index (χ4n) is 2.25. The molecule has 16 heavy (non-hydrogen) atoms. The van der Waals surface area contributed by atoms with Gasteiger partial charge in [0.25, 0.3) is 0 Å². The Morgan fingerprint density at radius 1 is 1.50 bits per heavy atom. The number of hydrogen-bond donors (Lipinski definition) is 2. The lowest BCUT2D eigenvalue weighted by molar-refractivity contribution is 0.0168. The lowest BCUT2D eigenvalue weighted by atomic mass is 9.87. The zero-order valence-electron chi connectivity index (χ0n) is 9.59. The van der Waals surface area contributed by atoms with Crippen molar-refractivity contribution in [1.29, 1.82) is 0 Å². The predicted octanol–water partition coefficient (Wildman–Crippen LogP) is 2.41. The molecule has 1 heterocycles. The average molecular weight is 284 g/mol. The van der Waals surface area contributed by atoms with Crippen LogP contribution in [-0.4, -0.2) is 23.8 Å². The molecule has 88 valence electrons. The van der Waals surface area contributed by atoms with Crippen LogP contribution in [0.5, 0.6) is 0 Å². The van der Waals surface area contributed by atoms with Crippen LogP contribution in [0.4, 0.5) is 0 Å². The van der Waals surface area contributed by atoms with Crippen molar-refractivity contribution in [2.75, 3.05) is 13.1 Å². The molecule has 0 saturated carbocycles. The molecule has 0 aliphatic carbocycles. The first-order chi connectivity index (χ1) is 7.59. The van der Waals surface area contributed by atoms with E-state index >= 15 is 0 Å². The molecule has 2 rings (SSSR count). The first-order valence-corrected chi connectivity index (χ1v) is 6.56. The summed E-state index contributed by atoms with van der Waals surface area (Å²) in [5.74, 6) is 0. The van der Waals surface area contributed by atoms with Crippen molar-refractivity contribution >= 4 is 15.9 Å². The Morgan fingerprint density at radius 3 is 2.94 bits per heavy atom. The molecular weight excluding hydrogens is 266 g/mol. The van der Waals surface area contributed by atoms with Crippen LogP contribution in [0.2, 0.25) is 0 Å². The molecule has 2 N–H and O–H groups in total. The van der Waals surface area contributed by atoms with Crippen molar-refractivity contribution < 1.29 is 5.11 Å². The van der Waals surface area contributed by atoms with Crippen molar-refractivity contribution in [3.63, 3.8) is 0 Å². The third-order valence-corrected chi connectivity index (χ3v) is 3.92. The molecule has 0 aromatic heterocycles. The number of halogens is 1. The van der Waals surface area contributed by atoms with Crippen molar-refractivity contribution in [3.05, 3.63) is 33.8 Å². The molecule has 1 aliphatic rings. The van der Waals surface area contributed by atoms with Gasteiger partial charge in [0.15, 0.2) is 0 Å². The first-order valence-electron chi connectivity index (χ1n) is 5.77. The summed E-state index contributed by atoms with van der Waals surface area (Å²) in [6.45, 7) is 3.80. The average Bonchev–Trinajstić information content (AvgIpc) is 2.23. The highest BCUT2D eigenvalue weighted by Crippen LogP contribution is 2.26. The van der Waals surface area contributed by atoms with Crippen LogP contribution in [0.15, 0.2) is 22.7 Å². The number of rotatable bonds is 2. The molecule has 1 aromatic carbocycles. The van der Waals surface area contributed by atoms with Gasteiger partial charge in [0.05, 0.1) is 5.60 Å². The van der Waals surface area contributed by atoms with Gasteiger partial charge in [0.1, 0.15) is 0 Å². The fraction of sp³-hybridized carbons (Fsp3) is 0.538. The molecule has 3 heteroatoms. The zero-order valence-corrected chi connectivity index (χ0v) is 11.2. The maximum absolute atomic E-state index is 10.4. The largest absolute Gasteiger partial charge is 0.388 e. The first kappa shape index (κ1) is 12.1. The van der Waals surface area contributed by atoms with E-state index in [-0.39, 0.29) is 0 Å². The van der Waals surface area contributed by atoms with Crippen LogP contribution in [0.3, 0.4) is 0 Å². The highest BCUT2D eigenvalue weighted by molar-refractivity contribution is 9.10. The molecule has 0 amide bonds. The third kappa shape index (κ3) is 2.84. The van der Waals surface area contributed by atoms with Gasteiger partial charge in [-0.05, 0) is 43.5 Å². The van der Waals surface area contributed by atoms with Gasteiger partial charge in [-0.2, -0.15) is 0 Å². The van der Waals surface area contributed by atoms with Gasteiger partial charge in [-0.1, -0.05) is 28.1 Å². The molecular formula is C13H18BrNO. The second-order valence-electron chi connectivity index (χ2n) is 4.78. The van der Waals surface area contributed by atoms with Crippen molar-refractivity contribution in [2.24, 2.45) is 0 Å². The summed E-state index contributed by atoms with van der Waals surface area (Å²) < 4.78 is 1.10. The molecule has 1 atom stereocenters. The van der Waals surface area contributed by atoms with Crippen LogP contribution in [0, 0.1) is 6.92 Å². The second-order valence-corrected chi connectivity index (χ2v) is 5.63. The van der Waals surface area contributed by atoms with E-state index in [9.17, 15) is 5.11 Å². The van der Waals surface area contributed by atoms with E-state index in [0.29, 0.717) is 6.54 Å². The summed E-state index contributed by atoms with van der Waals surface area (Å²) in [4.78, 5) is 0. The van der Waals surface area contributed by atoms with Crippen LogP contribution in [0.1, 0.15) is 24.0 Å². The Hall–Kier alpha value is -0.380. The number of hydrogen-bond acceptors (Lipinski definition) is 2. The molecule has 1 saturated heterocycles. The Balaban J connectivity index is 2.13. The van der Waals surface area contributed by atoms with E-state index in [0.717, 1.165) is 30.3 Å². The van der Waals surface area contributed by atoms with E-state index in [1.807, 2.05) is 0 Å². The van der Waals surface area contributed by atoms with E-state index in [1.54, 1.807) is 0 Å². The normalized spacial score (nSPS) is 25.7. The van der Waals surface area contributed by atoms with Gasteiger partial charge in [-0.15, -0.1) is 0 Å². The minimum atomic E-state index is -0.573. The molecule has 1 fully saturated rings. The summed E-state index contributed by atoms with van der Waals surface area (Å²) in [6, 6.07) is 6.31. The number of nitrogens with one attached hydrogen (secondary N) is 1. The summed E-state index contributed by atoms with van der Waals surface area (Å²) in [5.41, 5.74) is 1.86. The fourth-order valence-corrected chi connectivity index (χ4v) is 2.89. The highest BCUT2D eigenvalue weighted by Gasteiger charge is 2.29. The van der Waals surface area contributed by atoms with Crippen LogP contribution in [0.25, 0.3) is 0 Å². The maximum Gasteiger partial charge on any atom is 0.0812 e. The second kappa shape index (κ2) is 4.86. The molecule has 1 aromatic rings. The van der Waals surface area contributed by atoms with Gasteiger partial charge in [-0.25, -0.2) is 0 Å². The SMILES string of the molecule is Cc1ccc(CC2(O)CCCNC2)c(Br)c1. The lowest BCUT2D eigenvalue weighted by Crippen LogP contribution is -2.47. The molecule has 1 unspecified atom stereocenters. The van der Waals surface area contributed by atoms with Crippen molar-refractivity contribution in [3.8, 4) is 0 Å². The van der Waals surface area contributed by atoms with E-state index < -0.39 is 5.60 Å². The van der Waals surface area contributed by atoms with E-state index in [4.69, 9.17) is 0 Å². The summed E-state index contributed by atoms with van der Waals surface area (Å²) in [6.07, 6.45) is 2.67. The van der Waals surface area contributed by atoms with Gasteiger partial charge < -0.3 is 10.4 Å². The summed E-state index contributed by atoms with van der Waals surface area (Å²) >= 11 is 3.57. The topological polar surface area (TPSA) is 32.3 Å². The standard InChI is InChI=1S/C13H18BrNO/c1-10-3-4-11(12(14)7-10)8-13(16)5-2-6-15-9-13/h3-4,7,15-16H,2,5-6,8-9H2,1H3. The minimum absolute atomic E-state index is 0.573. The Kier molecular flexibility index (Phi) is 3.67. The smallest absolute Gasteiger partial charge is 0.0812 e. The quantitative estimate of drug-likeness (QED) is 0.874. The molecule has 0 spiro atoms. The van der Waals surface area contributed by atoms with Crippen molar-refractivity contribution in [2.45, 2.75) is 31.8 Å². The van der Waals surface area contributed by atoms with Crippen LogP contribution in [-0.2, 0) is 6.42 Å². The number of β-amino-alcohol motifs (C(OH)–C–C–N with tert-alkyl or cyclic N) is 1.